The van der Waals surface area contributed by atoms with Crippen LogP contribution in [0.1, 0.15) is 28.2 Å². The molecule has 30 heavy (non-hydrogen) atoms. The van der Waals surface area contributed by atoms with Crippen LogP contribution in [0, 0.1) is 13.8 Å². The van der Waals surface area contributed by atoms with E-state index in [0.29, 0.717) is 6.54 Å². The van der Waals surface area contributed by atoms with E-state index in [2.05, 4.69) is 44.6 Å². The Morgan fingerprint density at radius 1 is 1.10 bits per heavy atom. The van der Waals surface area contributed by atoms with Gasteiger partial charge in [-0.2, -0.15) is 0 Å². The molecule has 5 heteroatoms. The van der Waals surface area contributed by atoms with Crippen LogP contribution in [0.2, 0.25) is 0 Å². The number of nitrogens with zero attached hydrogens (tertiary/aromatic N) is 2. The number of para-hydroxylation sites is 1. The van der Waals surface area contributed by atoms with Crippen molar-refractivity contribution in [3.8, 4) is 0 Å². The molecule has 4 rings (SSSR count). The maximum Gasteiger partial charge on any atom is 0.319 e. The highest BCUT2D eigenvalue weighted by Gasteiger charge is 2.20. The molecule has 2 aromatic heterocycles. The van der Waals surface area contributed by atoms with Crippen LogP contribution in [0.25, 0.3) is 10.9 Å². The van der Waals surface area contributed by atoms with E-state index in [0.717, 1.165) is 22.4 Å². The lowest BCUT2D eigenvalue weighted by atomic mass is 9.92. The number of benzene rings is 2. The van der Waals surface area contributed by atoms with Gasteiger partial charge < -0.3 is 15.2 Å². The molecule has 0 aliphatic heterocycles. The van der Waals surface area contributed by atoms with Crippen molar-refractivity contribution in [1.29, 1.82) is 0 Å². The van der Waals surface area contributed by atoms with Crippen molar-refractivity contribution in [2.75, 3.05) is 11.9 Å². The molecule has 2 amide bonds. The number of fused-ring (bicyclic) bond motifs is 1. The topological polar surface area (TPSA) is 59.0 Å². The number of amides is 2. The van der Waals surface area contributed by atoms with Gasteiger partial charge in [-0.05, 0) is 54.3 Å². The van der Waals surface area contributed by atoms with Gasteiger partial charge in [0.2, 0.25) is 0 Å². The lowest BCUT2D eigenvalue weighted by Crippen LogP contribution is -2.33. The van der Waals surface area contributed by atoms with Gasteiger partial charge in [0.25, 0.3) is 0 Å². The molecule has 0 saturated heterocycles. The Balaban J connectivity index is 1.60. The molecule has 0 spiro atoms. The van der Waals surface area contributed by atoms with E-state index >= 15 is 0 Å². The zero-order valence-electron chi connectivity index (χ0n) is 17.5. The number of carbonyl (C=O) groups is 1. The number of aromatic nitrogens is 2. The number of aryl methyl sites for hydroxylation is 3. The second-order valence-corrected chi connectivity index (χ2v) is 7.70. The van der Waals surface area contributed by atoms with Gasteiger partial charge in [0.1, 0.15) is 0 Å². The first-order chi connectivity index (χ1) is 14.5. The molecule has 4 aromatic rings. The van der Waals surface area contributed by atoms with Crippen LogP contribution in [0.3, 0.4) is 0 Å². The second kappa shape index (κ2) is 8.41. The average molecular weight is 399 g/mol. The van der Waals surface area contributed by atoms with E-state index in [1.54, 1.807) is 6.20 Å². The van der Waals surface area contributed by atoms with Crippen molar-refractivity contribution < 1.29 is 4.79 Å². The summed E-state index contributed by atoms with van der Waals surface area (Å²) in [4.78, 5) is 17.0. The number of urea groups is 1. The van der Waals surface area contributed by atoms with Gasteiger partial charge in [-0.15, -0.1) is 0 Å². The van der Waals surface area contributed by atoms with Crippen LogP contribution < -0.4 is 10.6 Å². The Labute approximate surface area is 176 Å². The third-order valence-electron chi connectivity index (χ3n) is 5.50. The molecular formula is C25H26N4O. The predicted octanol–water partition coefficient (Wildman–Crippen LogP) is 5.14. The van der Waals surface area contributed by atoms with Crippen LogP contribution in [0.4, 0.5) is 10.5 Å². The molecule has 152 valence electrons. The third-order valence-corrected chi connectivity index (χ3v) is 5.50. The highest BCUT2D eigenvalue weighted by atomic mass is 16.2. The first-order valence-electron chi connectivity index (χ1n) is 10.1. The standard InChI is InChI=1S/C25H26N4O/c1-17-10-11-18(2)23(13-17)28-25(30)27-15-21(19-7-6-12-26-14-19)22-16-29(3)24-9-5-4-8-20(22)24/h4-14,16,21H,15H2,1-3H3,(H2,27,28,30)/t21-/m0/s1. The summed E-state index contributed by atoms with van der Waals surface area (Å²) < 4.78 is 2.13. The summed E-state index contributed by atoms with van der Waals surface area (Å²) in [5, 5.41) is 7.23. The lowest BCUT2D eigenvalue weighted by Gasteiger charge is -2.18. The number of hydrogen-bond donors (Lipinski definition) is 2. The van der Waals surface area contributed by atoms with Gasteiger partial charge in [-0.3, -0.25) is 4.98 Å². The zero-order valence-corrected chi connectivity index (χ0v) is 17.5. The van der Waals surface area contributed by atoms with E-state index in [4.69, 9.17) is 0 Å². The molecular weight excluding hydrogens is 372 g/mol. The molecule has 0 unspecified atom stereocenters. The van der Waals surface area contributed by atoms with Crippen molar-refractivity contribution in [1.82, 2.24) is 14.9 Å². The van der Waals surface area contributed by atoms with Crippen molar-refractivity contribution in [3.63, 3.8) is 0 Å². The van der Waals surface area contributed by atoms with E-state index in [-0.39, 0.29) is 11.9 Å². The second-order valence-electron chi connectivity index (χ2n) is 7.70. The molecule has 5 nitrogen and oxygen atoms in total. The van der Waals surface area contributed by atoms with Crippen LogP contribution >= 0.6 is 0 Å². The Hall–Kier alpha value is -3.60. The Kier molecular flexibility index (Phi) is 5.53. The smallest absolute Gasteiger partial charge is 0.319 e. The first-order valence-corrected chi connectivity index (χ1v) is 10.1. The first kappa shape index (κ1) is 19.7. The van der Waals surface area contributed by atoms with Gasteiger partial charge in [0.05, 0.1) is 0 Å². The molecule has 1 atom stereocenters. The van der Waals surface area contributed by atoms with Crippen LogP contribution in [0.5, 0.6) is 0 Å². The number of pyridine rings is 1. The van der Waals surface area contributed by atoms with Crippen molar-refractivity contribution in [2.45, 2.75) is 19.8 Å². The third kappa shape index (κ3) is 4.06. The molecule has 0 fully saturated rings. The Morgan fingerprint density at radius 3 is 2.73 bits per heavy atom. The van der Waals surface area contributed by atoms with Crippen LogP contribution in [0.15, 0.2) is 73.2 Å². The van der Waals surface area contributed by atoms with E-state index in [1.807, 2.05) is 63.5 Å². The van der Waals surface area contributed by atoms with Crippen molar-refractivity contribution in [3.05, 3.63) is 95.4 Å². The van der Waals surface area contributed by atoms with Crippen LogP contribution in [-0.4, -0.2) is 22.1 Å². The summed E-state index contributed by atoms with van der Waals surface area (Å²) in [5.74, 6) is -0.00541. The molecule has 2 aromatic carbocycles. The summed E-state index contributed by atoms with van der Waals surface area (Å²) in [6.07, 6.45) is 5.79. The van der Waals surface area contributed by atoms with Gasteiger partial charge in [0.15, 0.2) is 0 Å². The fourth-order valence-electron chi connectivity index (χ4n) is 3.87. The van der Waals surface area contributed by atoms with Crippen molar-refractivity contribution in [2.24, 2.45) is 7.05 Å². The number of anilines is 1. The number of carbonyl (C=O) groups excluding carboxylic acids is 1. The maximum absolute atomic E-state index is 12.7. The fourth-order valence-corrected chi connectivity index (χ4v) is 3.87. The highest BCUT2D eigenvalue weighted by Crippen LogP contribution is 2.31. The lowest BCUT2D eigenvalue weighted by molar-refractivity contribution is 0.252. The highest BCUT2D eigenvalue weighted by molar-refractivity contribution is 5.90. The van der Waals surface area contributed by atoms with Gasteiger partial charge in [0, 0.05) is 54.7 Å². The minimum absolute atomic E-state index is 0.00541. The molecule has 0 saturated carbocycles. The molecule has 0 radical (unpaired) electrons. The Morgan fingerprint density at radius 2 is 1.93 bits per heavy atom. The fraction of sp³-hybridized carbons (Fsp3) is 0.200. The minimum Gasteiger partial charge on any atom is -0.350 e. The van der Waals surface area contributed by atoms with Gasteiger partial charge >= 0.3 is 6.03 Å². The molecule has 2 heterocycles. The summed E-state index contributed by atoms with van der Waals surface area (Å²) in [5.41, 5.74) is 6.39. The molecule has 0 bridgehead atoms. The van der Waals surface area contributed by atoms with Crippen LogP contribution in [-0.2, 0) is 7.05 Å². The molecule has 2 N–H and O–H groups in total. The van der Waals surface area contributed by atoms with Gasteiger partial charge in [-0.1, -0.05) is 36.4 Å². The zero-order chi connectivity index (χ0) is 21.1. The SMILES string of the molecule is Cc1ccc(C)c(NC(=O)NC[C@@H](c2cccnc2)c2cn(C)c3ccccc23)c1. The Bertz CT molecular complexity index is 1180. The summed E-state index contributed by atoms with van der Waals surface area (Å²) >= 11 is 0. The number of hydrogen-bond acceptors (Lipinski definition) is 2. The van der Waals surface area contributed by atoms with E-state index in [9.17, 15) is 4.79 Å². The van der Waals surface area contributed by atoms with Gasteiger partial charge in [-0.25, -0.2) is 4.79 Å². The van der Waals surface area contributed by atoms with E-state index in [1.165, 1.54) is 16.5 Å². The quantitative estimate of drug-likeness (QED) is 0.489. The van der Waals surface area contributed by atoms with E-state index < -0.39 is 0 Å². The largest absolute Gasteiger partial charge is 0.350 e. The predicted molar refractivity (Wildman–Crippen MR) is 122 cm³/mol. The monoisotopic (exact) mass is 398 g/mol. The number of nitrogens with one attached hydrogen (secondary N) is 2. The minimum atomic E-state index is -0.210. The molecule has 0 aliphatic carbocycles. The summed E-state index contributed by atoms with van der Waals surface area (Å²) in [7, 11) is 2.05. The average Bonchev–Trinajstić information content (AvgIpc) is 3.08. The maximum atomic E-state index is 12.7. The number of rotatable bonds is 5. The molecule has 0 aliphatic rings. The summed E-state index contributed by atoms with van der Waals surface area (Å²) in [6.45, 7) is 4.47. The van der Waals surface area contributed by atoms with Crippen molar-refractivity contribution >= 4 is 22.6 Å². The summed E-state index contributed by atoms with van der Waals surface area (Å²) in [6, 6.07) is 18.2. The normalized spacial score (nSPS) is 12.0.